The van der Waals surface area contributed by atoms with E-state index in [1.54, 1.807) is 0 Å². The minimum absolute atomic E-state index is 0.167. The van der Waals surface area contributed by atoms with Gasteiger partial charge in [-0.3, -0.25) is 0 Å². The molecule has 0 aromatic heterocycles. The maximum Gasteiger partial charge on any atom is 0.0251 e. The molecule has 0 radical (unpaired) electrons. The molecule has 0 aliphatic rings. The SMILES string of the molecule is C=C(C(N)CC)C(C)C(C)(C)CCCCC. The van der Waals surface area contributed by atoms with Gasteiger partial charge in [0.05, 0.1) is 0 Å². The number of unbranched alkanes of at least 4 members (excludes halogenated alkanes) is 2. The molecule has 0 saturated carbocycles. The van der Waals surface area contributed by atoms with Crippen LogP contribution in [0.2, 0.25) is 0 Å². The predicted molar refractivity (Wildman–Crippen MR) is 74.5 cm³/mol. The molecule has 0 aromatic rings. The van der Waals surface area contributed by atoms with Crippen LogP contribution in [0.15, 0.2) is 12.2 Å². The second kappa shape index (κ2) is 7.11. The van der Waals surface area contributed by atoms with Gasteiger partial charge in [0, 0.05) is 6.04 Å². The van der Waals surface area contributed by atoms with Crippen molar-refractivity contribution in [2.24, 2.45) is 17.1 Å². The normalized spacial score (nSPS) is 15.9. The third-order valence-corrected chi connectivity index (χ3v) is 4.07. The van der Waals surface area contributed by atoms with E-state index in [1.807, 2.05) is 0 Å². The van der Waals surface area contributed by atoms with E-state index in [9.17, 15) is 0 Å². The minimum Gasteiger partial charge on any atom is -0.324 e. The van der Waals surface area contributed by atoms with Gasteiger partial charge >= 0.3 is 0 Å². The number of hydrogen-bond donors (Lipinski definition) is 1. The average molecular weight is 225 g/mol. The number of hydrogen-bond acceptors (Lipinski definition) is 1. The molecule has 0 aliphatic carbocycles. The Morgan fingerprint density at radius 1 is 1.25 bits per heavy atom. The summed E-state index contributed by atoms with van der Waals surface area (Å²) < 4.78 is 0. The van der Waals surface area contributed by atoms with E-state index in [0.29, 0.717) is 11.3 Å². The summed E-state index contributed by atoms with van der Waals surface area (Å²) in [5, 5.41) is 0. The van der Waals surface area contributed by atoms with Crippen LogP contribution in [0.1, 0.15) is 66.7 Å². The molecule has 0 heterocycles. The Kier molecular flexibility index (Phi) is 6.98. The zero-order valence-electron chi connectivity index (χ0n) is 12.0. The van der Waals surface area contributed by atoms with E-state index in [2.05, 4.69) is 41.2 Å². The summed E-state index contributed by atoms with van der Waals surface area (Å²) in [6.45, 7) is 15.6. The molecule has 0 amide bonds. The molecule has 2 N–H and O–H groups in total. The highest BCUT2D eigenvalue weighted by atomic mass is 14.6. The largest absolute Gasteiger partial charge is 0.324 e. The molecule has 1 nitrogen and oxygen atoms in total. The van der Waals surface area contributed by atoms with Crippen LogP contribution in [0.3, 0.4) is 0 Å². The Morgan fingerprint density at radius 3 is 2.25 bits per heavy atom. The van der Waals surface area contributed by atoms with Gasteiger partial charge in [0.1, 0.15) is 0 Å². The lowest BCUT2D eigenvalue weighted by atomic mass is 9.71. The van der Waals surface area contributed by atoms with Gasteiger partial charge in [-0.05, 0) is 24.2 Å². The lowest BCUT2D eigenvalue weighted by molar-refractivity contribution is 0.228. The van der Waals surface area contributed by atoms with Crippen LogP contribution in [-0.2, 0) is 0 Å². The summed E-state index contributed by atoms with van der Waals surface area (Å²) in [5.41, 5.74) is 7.63. The van der Waals surface area contributed by atoms with E-state index in [1.165, 1.54) is 31.3 Å². The molecule has 96 valence electrons. The lowest BCUT2D eigenvalue weighted by Gasteiger charge is -2.35. The molecular weight excluding hydrogens is 194 g/mol. The van der Waals surface area contributed by atoms with E-state index in [4.69, 9.17) is 5.73 Å². The van der Waals surface area contributed by atoms with Crippen molar-refractivity contribution in [1.29, 1.82) is 0 Å². The maximum atomic E-state index is 6.07. The summed E-state index contributed by atoms with van der Waals surface area (Å²) in [6, 6.07) is 0.167. The smallest absolute Gasteiger partial charge is 0.0251 e. The van der Waals surface area contributed by atoms with Crippen LogP contribution in [0.25, 0.3) is 0 Å². The van der Waals surface area contributed by atoms with Crippen LogP contribution < -0.4 is 5.73 Å². The summed E-state index contributed by atoms with van der Waals surface area (Å²) >= 11 is 0. The van der Waals surface area contributed by atoms with E-state index >= 15 is 0 Å². The van der Waals surface area contributed by atoms with Crippen LogP contribution in [0, 0.1) is 11.3 Å². The molecule has 0 rings (SSSR count). The van der Waals surface area contributed by atoms with Gasteiger partial charge in [0.2, 0.25) is 0 Å². The first kappa shape index (κ1) is 15.7. The highest BCUT2D eigenvalue weighted by Crippen LogP contribution is 2.37. The molecule has 0 fully saturated rings. The third-order valence-electron chi connectivity index (χ3n) is 4.07. The standard InChI is InChI=1S/C15H31N/c1-7-9-10-11-15(5,6)13(4)12(3)14(16)8-2/h13-14H,3,7-11,16H2,1-2,4-6H3. The highest BCUT2D eigenvalue weighted by molar-refractivity contribution is 5.11. The zero-order chi connectivity index (χ0) is 12.8. The second-order valence-corrected chi connectivity index (χ2v) is 5.76. The average Bonchev–Trinajstić information content (AvgIpc) is 2.26. The van der Waals surface area contributed by atoms with Crippen molar-refractivity contribution in [3.05, 3.63) is 12.2 Å². The zero-order valence-corrected chi connectivity index (χ0v) is 12.0. The van der Waals surface area contributed by atoms with Crippen molar-refractivity contribution < 1.29 is 0 Å². The van der Waals surface area contributed by atoms with Gasteiger partial charge in [-0.25, -0.2) is 0 Å². The number of nitrogens with two attached hydrogens (primary N) is 1. The summed E-state index contributed by atoms with van der Waals surface area (Å²) in [7, 11) is 0. The third kappa shape index (κ3) is 4.69. The van der Waals surface area contributed by atoms with Crippen molar-refractivity contribution in [3.8, 4) is 0 Å². The van der Waals surface area contributed by atoms with Crippen molar-refractivity contribution in [3.63, 3.8) is 0 Å². The van der Waals surface area contributed by atoms with E-state index in [-0.39, 0.29) is 6.04 Å². The Balaban J connectivity index is 4.32. The molecule has 16 heavy (non-hydrogen) atoms. The van der Waals surface area contributed by atoms with Gasteiger partial charge in [0.15, 0.2) is 0 Å². The fraction of sp³-hybridized carbons (Fsp3) is 0.867. The summed E-state index contributed by atoms with van der Waals surface area (Å²) in [6.07, 6.45) is 6.22. The van der Waals surface area contributed by atoms with Crippen LogP contribution in [0.5, 0.6) is 0 Å². The highest BCUT2D eigenvalue weighted by Gasteiger charge is 2.28. The maximum absolute atomic E-state index is 6.07. The van der Waals surface area contributed by atoms with Crippen LogP contribution >= 0.6 is 0 Å². The molecule has 2 unspecified atom stereocenters. The first-order valence-electron chi connectivity index (χ1n) is 6.81. The Morgan fingerprint density at radius 2 is 1.81 bits per heavy atom. The molecule has 0 saturated heterocycles. The second-order valence-electron chi connectivity index (χ2n) is 5.76. The molecular formula is C15H31N. The Hall–Kier alpha value is -0.300. The van der Waals surface area contributed by atoms with E-state index in [0.717, 1.165) is 6.42 Å². The van der Waals surface area contributed by atoms with Gasteiger partial charge in [-0.2, -0.15) is 0 Å². The molecule has 1 heteroatoms. The van der Waals surface area contributed by atoms with Crippen molar-refractivity contribution in [2.75, 3.05) is 0 Å². The van der Waals surface area contributed by atoms with Crippen molar-refractivity contribution >= 4 is 0 Å². The van der Waals surface area contributed by atoms with Gasteiger partial charge in [-0.1, -0.05) is 66.0 Å². The monoisotopic (exact) mass is 225 g/mol. The summed E-state index contributed by atoms with van der Waals surface area (Å²) in [5.74, 6) is 0.513. The van der Waals surface area contributed by atoms with Crippen molar-refractivity contribution in [1.82, 2.24) is 0 Å². The Labute approximate surface area is 102 Å². The minimum atomic E-state index is 0.167. The quantitative estimate of drug-likeness (QED) is 0.477. The van der Waals surface area contributed by atoms with Gasteiger partial charge in [-0.15, -0.1) is 0 Å². The van der Waals surface area contributed by atoms with E-state index < -0.39 is 0 Å². The van der Waals surface area contributed by atoms with Gasteiger partial charge in [0.25, 0.3) is 0 Å². The first-order chi connectivity index (χ1) is 7.36. The number of rotatable bonds is 8. The van der Waals surface area contributed by atoms with Crippen molar-refractivity contribution in [2.45, 2.75) is 72.8 Å². The molecule has 2 atom stereocenters. The Bertz CT molecular complexity index is 205. The predicted octanol–water partition coefficient (Wildman–Crippen LogP) is 4.52. The lowest BCUT2D eigenvalue weighted by Crippen LogP contribution is -2.32. The topological polar surface area (TPSA) is 26.0 Å². The van der Waals surface area contributed by atoms with Crippen LogP contribution in [-0.4, -0.2) is 6.04 Å². The molecule has 0 bridgehead atoms. The first-order valence-corrected chi connectivity index (χ1v) is 6.81. The fourth-order valence-electron chi connectivity index (χ4n) is 2.13. The summed E-state index contributed by atoms with van der Waals surface area (Å²) in [4.78, 5) is 0. The molecule has 0 spiro atoms. The van der Waals surface area contributed by atoms with Gasteiger partial charge < -0.3 is 5.73 Å². The fourth-order valence-corrected chi connectivity index (χ4v) is 2.13. The van der Waals surface area contributed by atoms with Crippen LogP contribution in [0.4, 0.5) is 0 Å². The molecule has 0 aliphatic heterocycles. The molecule has 0 aromatic carbocycles.